The van der Waals surface area contributed by atoms with Gasteiger partial charge in [-0.15, -0.1) is 23.7 Å². The SMILES string of the molecule is Cc1cc([C@@H](N)c2cccs2)ccc1Cl.Cl. The van der Waals surface area contributed by atoms with Crippen molar-refractivity contribution in [3.8, 4) is 0 Å². The van der Waals surface area contributed by atoms with Crippen molar-refractivity contribution in [1.82, 2.24) is 0 Å². The second kappa shape index (κ2) is 5.69. The van der Waals surface area contributed by atoms with Crippen LogP contribution in [0.2, 0.25) is 5.02 Å². The van der Waals surface area contributed by atoms with Gasteiger partial charge in [-0.3, -0.25) is 0 Å². The summed E-state index contributed by atoms with van der Waals surface area (Å²) in [5, 5.41) is 2.83. The zero-order valence-electron chi connectivity index (χ0n) is 8.81. The van der Waals surface area contributed by atoms with Crippen molar-refractivity contribution in [3.05, 3.63) is 56.7 Å². The van der Waals surface area contributed by atoms with Gasteiger partial charge in [0, 0.05) is 9.90 Å². The highest BCUT2D eigenvalue weighted by Gasteiger charge is 2.10. The van der Waals surface area contributed by atoms with Gasteiger partial charge < -0.3 is 5.73 Å². The minimum atomic E-state index is -0.0408. The molecule has 0 radical (unpaired) electrons. The topological polar surface area (TPSA) is 26.0 Å². The zero-order valence-corrected chi connectivity index (χ0v) is 11.2. The standard InChI is InChI=1S/C12H12ClNS.ClH/c1-8-7-9(4-5-10(8)13)12(14)11-3-2-6-15-11;/h2-7,12H,14H2,1H3;1H/t12-;/m1./s1. The first-order chi connectivity index (χ1) is 7.18. The molecule has 0 unspecified atom stereocenters. The van der Waals surface area contributed by atoms with Gasteiger partial charge in [0.1, 0.15) is 0 Å². The summed E-state index contributed by atoms with van der Waals surface area (Å²) in [4.78, 5) is 1.18. The summed E-state index contributed by atoms with van der Waals surface area (Å²) < 4.78 is 0. The molecule has 0 saturated heterocycles. The monoisotopic (exact) mass is 273 g/mol. The van der Waals surface area contributed by atoms with Crippen molar-refractivity contribution in [1.29, 1.82) is 0 Å². The fourth-order valence-corrected chi connectivity index (χ4v) is 2.37. The Kier molecular flexibility index (Phi) is 4.81. The Bertz CT molecular complexity index is 454. The van der Waals surface area contributed by atoms with Crippen LogP contribution in [0, 0.1) is 6.92 Å². The number of halogens is 2. The maximum Gasteiger partial charge on any atom is 0.0646 e. The van der Waals surface area contributed by atoms with E-state index in [-0.39, 0.29) is 18.4 Å². The van der Waals surface area contributed by atoms with Crippen molar-refractivity contribution < 1.29 is 0 Å². The smallest absolute Gasteiger partial charge is 0.0646 e. The number of benzene rings is 1. The Hall–Kier alpha value is -0.540. The molecule has 1 heterocycles. The van der Waals surface area contributed by atoms with E-state index in [1.807, 2.05) is 36.6 Å². The fraction of sp³-hybridized carbons (Fsp3) is 0.167. The molecule has 0 amide bonds. The molecule has 0 fully saturated rings. The molecule has 86 valence electrons. The number of hydrogen-bond donors (Lipinski definition) is 1. The van der Waals surface area contributed by atoms with Gasteiger partial charge in [0.15, 0.2) is 0 Å². The Balaban J connectivity index is 0.00000128. The van der Waals surface area contributed by atoms with Crippen LogP contribution >= 0.6 is 35.3 Å². The van der Waals surface area contributed by atoms with Crippen molar-refractivity contribution in [2.45, 2.75) is 13.0 Å². The third-order valence-electron chi connectivity index (χ3n) is 2.39. The van der Waals surface area contributed by atoms with Crippen LogP contribution in [-0.2, 0) is 0 Å². The van der Waals surface area contributed by atoms with E-state index in [0.29, 0.717) is 0 Å². The second-order valence-corrected chi connectivity index (χ2v) is 4.89. The summed E-state index contributed by atoms with van der Waals surface area (Å²) >= 11 is 7.65. The largest absolute Gasteiger partial charge is 0.320 e. The van der Waals surface area contributed by atoms with Crippen molar-refractivity contribution in [3.63, 3.8) is 0 Å². The Morgan fingerprint density at radius 2 is 2.06 bits per heavy atom. The average molecular weight is 274 g/mol. The van der Waals surface area contributed by atoms with Crippen LogP contribution in [0.3, 0.4) is 0 Å². The van der Waals surface area contributed by atoms with E-state index in [1.165, 1.54) is 4.88 Å². The van der Waals surface area contributed by atoms with Gasteiger partial charge in [0.05, 0.1) is 6.04 Å². The molecule has 0 spiro atoms. The first-order valence-electron chi connectivity index (χ1n) is 4.73. The molecule has 4 heteroatoms. The molecule has 1 nitrogen and oxygen atoms in total. The molecule has 0 saturated carbocycles. The number of hydrogen-bond acceptors (Lipinski definition) is 2. The molecule has 2 aromatic rings. The number of thiophene rings is 1. The fourth-order valence-electron chi connectivity index (χ4n) is 1.49. The molecule has 2 N–H and O–H groups in total. The molecule has 1 aromatic carbocycles. The van der Waals surface area contributed by atoms with Crippen molar-refractivity contribution >= 4 is 35.3 Å². The summed E-state index contributed by atoms with van der Waals surface area (Å²) in [6.45, 7) is 1.99. The predicted octanol–water partition coefficient (Wildman–Crippen LogP) is 4.18. The van der Waals surface area contributed by atoms with Crippen LogP contribution in [0.4, 0.5) is 0 Å². The minimum Gasteiger partial charge on any atom is -0.320 e. The normalized spacial score (nSPS) is 11.9. The van der Waals surface area contributed by atoms with Crippen molar-refractivity contribution in [2.75, 3.05) is 0 Å². The highest BCUT2D eigenvalue weighted by molar-refractivity contribution is 7.10. The highest BCUT2D eigenvalue weighted by atomic mass is 35.5. The first kappa shape index (κ1) is 13.5. The maximum atomic E-state index is 6.15. The van der Waals surface area contributed by atoms with Crippen LogP contribution in [0.5, 0.6) is 0 Å². The summed E-state index contributed by atoms with van der Waals surface area (Å²) in [6.07, 6.45) is 0. The third-order valence-corrected chi connectivity index (χ3v) is 3.77. The molecule has 0 aliphatic carbocycles. The van der Waals surface area contributed by atoms with Crippen LogP contribution in [-0.4, -0.2) is 0 Å². The molecule has 2 rings (SSSR count). The lowest BCUT2D eigenvalue weighted by molar-refractivity contribution is 0.891. The summed E-state index contributed by atoms with van der Waals surface area (Å²) in [6, 6.07) is 9.97. The second-order valence-electron chi connectivity index (χ2n) is 3.50. The van der Waals surface area contributed by atoms with Gasteiger partial charge in [0.2, 0.25) is 0 Å². The highest BCUT2D eigenvalue weighted by Crippen LogP contribution is 2.26. The summed E-state index contributed by atoms with van der Waals surface area (Å²) in [7, 11) is 0. The number of aryl methyl sites for hydroxylation is 1. The van der Waals surface area contributed by atoms with Crippen LogP contribution in [0.15, 0.2) is 35.7 Å². The number of nitrogens with two attached hydrogens (primary N) is 1. The average Bonchev–Trinajstić information content (AvgIpc) is 2.74. The van der Waals surface area contributed by atoms with Gasteiger partial charge in [-0.05, 0) is 35.6 Å². The maximum absolute atomic E-state index is 6.15. The van der Waals surface area contributed by atoms with E-state index in [2.05, 4.69) is 6.07 Å². The molecule has 16 heavy (non-hydrogen) atoms. The zero-order chi connectivity index (χ0) is 10.8. The lowest BCUT2D eigenvalue weighted by Gasteiger charge is -2.11. The molecule has 0 aliphatic rings. The summed E-state index contributed by atoms with van der Waals surface area (Å²) in [5.41, 5.74) is 8.33. The molecular weight excluding hydrogens is 261 g/mol. The van der Waals surface area contributed by atoms with Gasteiger partial charge >= 0.3 is 0 Å². The lowest BCUT2D eigenvalue weighted by atomic mass is 10.0. The van der Waals surface area contributed by atoms with Gasteiger partial charge in [-0.1, -0.05) is 29.8 Å². The molecule has 1 aromatic heterocycles. The summed E-state index contributed by atoms with van der Waals surface area (Å²) in [5.74, 6) is 0. The minimum absolute atomic E-state index is 0. The van der Waals surface area contributed by atoms with Crippen LogP contribution < -0.4 is 5.73 Å². The molecule has 1 atom stereocenters. The third kappa shape index (κ3) is 2.77. The quantitative estimate of drug-likeness (QED) is 0.873. The number of rotatable bonds is 2. The molecule has 0 bridgehead atoms. The Morgan fingerprint density at radius 3 is 2.62 bits per heavy atom. The Labute approximate surface area is 111 Å². The lowest BCUT2D eigenvalue weighted by Crippen LogP contribution is -2.10. The van der Waals surface area contributed by atoms with Crippen molar-refractivity contribution in [2.24, 2.45) is 5.73 Å². The van der Waals surface area contributed by atoms with Gasteiger partial charge in [-0.2, -0.15) is 0 Å². The van der Waals surface area contributed by atoms with Crippen LogP contribution in [0.1, 0.15) is 22.0 Å². The first-order valence-corrected chi connectivity index (χ1v) is 5.99. The Morgan fingerprint density at radius 1 is 1.31 bits per heavy atom. The van der Waals surface area contributed by atoms with E-state index in [1.54, 1.807) is 11.3 Å². The predicted molar refractivity (Wildman–Crippen MR) is 73.8 cm³/mol. The van der Waals surface area contributed by atoms with Crippen LogP contribution in [0.25, 0.3) is 0 Å². The van der Waals surface area contributed by atoms with E-state index in [0.717, 1.165) is 16.1 Å². The van der Waals surface area contributed by atoms with Gasteiger partial charge in [0.25, 0.3) is 0 Å². The van der Waals surface area contributed by atoms with E-state index in [4.69, 9.17) is 17.3 Å². The van der Waals surface area contributed by atoms with E-state index in [9.17, 15) is 0 Å². The molecular formula is C12H13Cl2NS. The van der Waals surface area contributed by atoms with E-state index >= 15 is 0 Å². The van der Waals surface area contributed by atoms with E-state index < -0.39 is 0 Å². The van der Waals surface area contributed by atoms with Gasteiger partial charge in [-0.25, -0.2) is 0 Å². The molecule has 0 aliphatic heterocycles.